The Morgan fingerprint density at radius 3 is 2.38 bits per heavy atom. The summed E-state index contributed by atoms with van der Waals surface area (Å²) in [5, 5.41) is 6.20. The number of fused-ring (bicyclic) bond motifs is 1. The monoisotopic (exact) mass is 615 g/mol. The molecular weight excluding hydrogens is 576 g/mol. The Labute approximate surface area is 262 Å². The van der Waals surface area contributed by atoms with Crippen molar-refractivity contribution in [2.75, 3.05) is 5.32 Å². The minimum atomic E-state index is -3.72. The lowest BCUT2D eigenvalue weighted by Crippen LogP contribution is -2.38. The zero-order chi connectivity index (χ0) is 31.3. The number of pyridine rings is 1. The molecule has 0 spiro atoms. The van der Waals surface area contributed by atoms with Crippen LogP contribution < -0.4 is 20.1 Å². The lowest BCUT2D eigenvalue weighted by molar-refractivity contribution is -0.286. The minimum absolute atomic E-state index is 0.0536. The average Bonchev–Trinajstić information content (AvgIpc) is 3.63. The summed E-state index contributed by atoms with van der Waals surface area (Å²) in [6.45, 7) is 4.30. The van der Waals surface area contributed by atoms with Gasteiger partial charge < -0.3 is 20.1 Å². The molecule has 2 unspecified atom stereocenters. The molecule has 2 heterocycles. The minimum Gasteiger partial charge on any atom is -0.395 e. The van der Waals surface area contributed by atoms with Crippen LogP contribution in [-0.2, 0) is 10.2 Å². The molecule has 3 aromatic rings. The highest BCUT2D eigenvalue weighted by Gasteiger charge is 2.53. The number of amides is 2. The Bertz CT molecular complexity index is 1630. The first kappa shape index (κ1) is 29.7. The summed E-state index contributed by atoms with van der Waals surface area (Å²) >= 11 is 0. The fraction of sp³-hybridized carbons (Fsp3) is 0.472. The van der Waals surface area contributed by atoms with Crippen LogP contribution in [0.3, 0.4) is 0 Å². The molecule has 2 N–H and O–H groups in total. The Morgan fingerprint density at radius 2 is 1.64 bits per heavy atom. The molecule has 3 aliphatic carbocycles. The van der Waals surface area contributed by atoms with Crippen LogP contribution in [0.2, 0.25) is 0 Å². The Hall–Kier alpha value is -4.01. The number of carbonyl (C=O) groups is 2. The molecule has 1 aromatic heterocycles. The molecule has 0 bridgehead atoms. The van der Waals surface area contributed by atoms with Gasteiger partial charge in [-0.3, -0.25) is 9.59 Å². The lowest BCUT2D eigenvalue weighted by atomic mass is 9.77. The van der Waals surface area contributed by atoms with Crippen molar-refractivity contribution in [2.45, 2.75) is 89.4 Å². The van der Waals surface area contributed by atoms with Gasteiger partial charge >= 0.3 is 6.29 Å². The van der Waals surface area contributed by atoms with Crippen molar-refractivity contribution < 1.29 is 27.8 Å². The van der Waals surface area contributed by atoms with Gasteiger partial charge in [-0.25, -0.2) is 4.98 Å². The maximum Gasteiger partial charge on any atom is 0.586 e. The van der Waals surface area contributed by atoms with Crippen LogP contribution >= 0.6 is 0 Å². The van der Waals surface area contributed by atoms with E-state index in [1.807, 2.05) is 37.3 Å². The highest BCUT2D eigenvalue weighted by Crippen LogP contribution is 2.52. The summed E-state index contributed by atoms with van der Waals surface area (Å²) in [4.78, 5) is 31.5. The highest BCUT2D eigenvalue weighted by atomic mass is 19.3. The molecule has 2 aromatic carbocycles. The second-order valence-corrected chi connectivity index (χ2v) is 13.6. The van der Waals surface area contributed by atoms with Crippen molar-refractivity contribution in [3.63, 3.8) is 0 Å². The van der Waals surface area contributed by atoms with Gasteiger partial charge in [0.15, 0.2) is 11.5 Å². The summed E-state index contributed by atoms with van der Waals surface area (Å²) in [6, 6.07) is 15.8. The number of rotatable bonds is 7. The number of alkyl halides is 2. The third-order valence-corrected chi connectivity index (χ3v) is 10.4. The van der Waals surface area contributed by atoms with E-state index in [1.54, 1.807) is 12.1 Å². The Kier molecular flexibility index (Phi) is 7.53. The lowest BCUT2D eigenvalue weighted by Gasteiger charge is -2.32. The second-order valence-electron chi connectivity index (χ2n) is 13.6. The summed E-state index contributed by atoms with van der Waals surface area (Å²) in [5.74, 6) is 2.42. The van der Waals surface area contributed by atoms with E-state index in [0.717, 1.165) is 41.7 Å². The molecule has 236 valence electrons. The number of hydrogen-bond donors (Lipinski definition) is 2. The highest BCUT2D eigenvalue weighted by molar-refractivity contribution is 6.01. The summed E-state index contributed by atoms with van der Waals surface area (Å²) in [6.07, 6.45) is 5.95. The quantitative estimate of drug-likeness (QED) is 0.283. The molecular formula is C36H39F2N3O4. The molecule has 45 heavy (non-hydrogen) atoms. The standard InChI is InChI=1S/C36H39F2N3O4/c1-21-6-8-24(18-21)23-9-12-28(13-10-23)39-33(42)26-5-3-4-25(19-26)32-22(2)7-15-31(40-32)41-34(43)35(16-17-35)27-11-14-29-30(20-27)45-36(37,38)44-29/h3-5,7,11,14-15,19-21,23-24,28H,6,8-10,12-13,16-18H2,1-2H3,(H,39,42)(H,40,41,43). The maximum atomic E-state index is 13.5. The second kappa shape index (κ2) is 11.4. The van der Waals surface area contributed by atoms with Crippen LogP contribution in [0, 0.1) is 24.7 Å². The molecule has 4 aliphatic rings. The van der Waals surface area contributed by atoms with Crippen LogP contribution in [0.25, 0.3) is 11.3 Å². The number of halogens is 2. The molecule has 2 amide bonds. The van der Waals surface area contributed by atoms with E-state index in [2.05, 4.69) is 27.0 Å². The summed E-state index contributed by atoms with van der Waals surface area (Å²) in [7, 11) is 0. The number of nitrogens with one attached hydrogen (secondary N) is 2. The van der Waals surface area contributed by atoms with Gasteiger partial charge in [0.1, 0.15) is 5.82 Å². The number of aromatic nitrogens is 1. The van der Waals surface area contributed by atoms with Gasteiger partial charge in [-0.15, -0.1) is 8.78 Å². The van der Waals surface area contributed by atoms with Crippen molar-refractivity contribution in [3.8, 4) is 22.8 Å². The number of nitrogens with zero attached hydrogens (tertiary/aromatic N) is 1. The summed E-state index contributed by atoms with van der Waals surface area (Å²) in [5.41, 5.74) is 2.68. The number of carbonyl (C=O) groups excluding carboxylic acids is 2. The predicted molar refractivity (Wildman–Crippen MR) is 166 cm³/mol. The van der Waals surface area contributed by atoms with Gasteiger partial charge in [-0.05, 0) is 118 Å². The van der Waals surface area contributed by atoms with E-state index in [-0.39, 0.29) is 29.4 Å². The van der Waals surface area contributed by atoms with Crippen LogP contribution in [0.5, 0.6) is 11.5 Å². The predicted octanol–water partition coefficient (Wildman–Crippen LogP) is 7.77. The summed E-state index contributed by atoms with van der Waals surface area (Å²) < 4.78 is 36.2. The van der Waals surface area contributed by atoms with E-state index in [9.17, 15) is 18.4 Å². The first-order valence-corrected chi connectivity index (χ1v) is 16.2. The van der Waals surface area contributed by atoms with E-state index in [0.29, 0.717) is 35.5 Å². The van der Waals surface area contributed by atoms with Crippen molar-refractivity contribution >= 4 is 17.6 Å². The number of benzene rings is 2. The van der Waals surface area contributed by atoms with Crippen molar-refractivity contribution in [1.82, 2.24) is 10.3 Å². The average molecular weight is 616 g/mol. The van der Waals surface area contributed by atoms with E-state index >= 15 is 0 Å². The van der Waals surface area contributed by atoms with Gasteiger partial charge in [-0.2, -0.15) is 0 Å². The van der Waals surface area contributed by atoms with Crippen molar-refractivity contribution in [1.29, 1.82) is 0 Å². The molecule has 0 radical (unpaired) electrons. The molecule has 0 saturated heterocycles. The van der Waals surface area contributed by atoms with Crippen LogP contribution in [0.15, 0.2) is 54.6 Å². The molecule has 3 saturated carbocycles. The smallest absolute Gasteiger partial charge is 0.395 e. The van der Waals surface area contributed by atoms with E-state index < -0.39 is 11.7 Å². The third-order valence-electron chi connectivity index (χ3n) is 10.4. The first-order valence-electron chi connectivity index (χ1n) is 16.2. The van der Waals surface area contributed by atoms with Crippen LogP contribution in [-0.4, -0.2) is 29.1 Å². The molecule has 2 atom stereocenters. The van der Waals surface area contributed by atoms with Crippen molar-refractivity contribution in [2.24, 2.45) is 17.8 Å². The SMILES string of the molecule is Cc1ccc(NC(=O)C2(c3ccc4c(c3)OC(F)(F)O4)CC2)nc1-c1cccc(C(=O)NC2CCC(C3CCC(C)C3)CC2)c1. The normalized spacial score (nSPS) is 25.9. The molecule has 1 aliphatic heterocycles. The van der Waals surface area contributed by atoms with Gasteiger partial charge in [0.25, 0.3) is 5.91 Å². The largest absolute Gasteiger partial charge is 0.586 e. The van der Waals surface area contributed by atoms with Gasteiger partial charge in [0, 0.05) is 17.2 Å². The number of aryl methyl sites for hydroxylation is 1. The number of ether oxygens (including phenoxy) is 2. The Morgan fingerprint density at radius 1 is 0.889 bits per heavy atom. The molecule has 7 nitrogen and oxygen atoms in total. The zero-order valence-corrected chi connectivity index (χ0v) is 25.7. The van der Waals surface area contributed by atoms with Crippen molar-refractivity contribution in [3.05, 3.63) is 71.3 Å². The van der Waals surface area contributed by atoms with Crippen LogP contribution in [0.4, 0.5) is 14.6 Å². The topological polar surface area (TPSA) is 89.6 Å². The fourth-order valence-corrected chi connectivity index (χ4v) is 7.64. The van der Waals surface area contributed by atoms with E-state index in [4.69, 9.17) is 4.98 Å². The maximum absolute atomic E-state index is 13.5. The molecule has 3 fully saturated rings. The first-order chi connectivity index (χ1) is 21.6. The number of hydrogen-bond acceptors (Lipinski definition) is 5. The molecule has 7 rings (SSSR count). The fourth-order valence-electron chi connectivity index (χ4n) is 7.64. The van der Waals surface area contributed by atoms with Gasteiger partial charge in [0.05, 0.1) is 11.1 Å². The molecule has 9 heteroatoms. The van der Waals surface area contributed by atoms with Crippen LogP contribution in [0.1, 0.15) is 86.2 Å². The van der Waals surface area contributed by atoms with Gasteiger partial charge in [0.2, 0.25) is 5.91 Å². The third kappa shape index (κ3) is 6.01. The zero-order valence-electron chi connectivity index (χ0n) is 25.7. The number of anilines is 1. The Balaban J connectivity index is 1.01. The van der Waals surface area contributed by atoms with Gasteiger partial charge in [-0.1, -0.05) is 37.6 Å². The van der Waals surface area contributed by atoms with E-state index in [1.165, 1.54) is 44.2 Å².